The molecule has 2 atom stereocenters. The zero-order valence-corrected chi connectivity index (χ0v) is 9.09. The van der Waals surface area contributed by atoms with Crippen molar-refractivity contribution in [3.63, 3.8) is 0 Å². The maximum absolute atomic E-state index is 5.42. The van der Waals surface area contributed by atoms with Crippen LogP contribution in [0, 0.1) is 0 Å². The SMILES string of the molecule is CC(Cn1cncn1)NC1CCCOC1. The molecule has 1 aromatic rings. The van der Waals surface area contributed by atoms with Gasteiger partial charge in [0.1, 0.15) is 12.7 Å². The summed E-state index contributed by atoms with van der Waals surface area (Å²) in [5.41, 5.74) is 0. The predicted octanol–water partition coefficient (Wildman–Crippen LogP) is 0.435. The van der Waals surface area contributed by atoms with Gasteiger partial charge < -0.3 is 10.1 Å². The maximum Gasteiger partial charge on any atom is 0.137 e. The smallest absolute Gasteiger partial charge is 0.137 e. The fraction of sp³-hybridized carbons (Fsp3) is 0.800. The summed E-state index contributed by atoms with van der Waals surface area (Å²) in [5.74, 6) is 0. The number of ether oxygens (including phenoxy) is 1. The van der Waals surface area contributed by atoms with Crippen molar-refractivity contribution in [2.24, 2.45) is 0 Å². The second-order valence-corrected chi connectivity index (χ2v) is 4.10. The van der Waals surface area contributed by atoms with Gasteiger partial charge in [0.05, 0.1) is 13.2 Å². The molecule has 0 saturated carbocycles. The largest absolute Gasteiger partial charge is 0.380 e. The summed E-state index contributed by atoms with van der Waals surface area (Å²) in [6, 6.07) is 0.899. The normalized spacial score (nSPS) is 23.9. The predicted molar refractivity (Wildman–Crippen MR) is 56.5 cm³/mol. The van der Waals surface area contributed by atoms with Crippen LogP contribution in [0.4, 0.5) is 0 Å². The van der Waals surface area contributed by atoms with Crippen molar-refractivity contribution >= 4 is 0 Å². The number of nitrogens with zero attached hydrogens (tertiary/aromatic N) is 3. The van der Waals surface area contributed by atoms with Crippen molar-refractivity contribution in [2.75, 3.05) is 13.2 Å². The van der Waals surface area contributed by atoms with Crippen LogP contribution in [0.1, 0.15) is 19.8 Å². The van der Waals surface area contributed by atoms with Crippen molar-refractivity contribution < 1.29 is 4.74 Å². The van der Waals surface area contributed by atoms with Crippen LogP contribution in [-0.2, 0) is 11.3 Å². The fourth-order valence-corrected chi connectivity index (χ4v) is 1.93. The van der Waals surface area contributed by atoms with Crippen molar-refractivity contribution in [1.82, 2.24) is 20.1 Å². The van der Waals surface area contributed by atoms with Gasteiger partial charge in [-0.3, -0.25) is 4.68 Å². The Labute approximate surface area is 89.8 Å². The minimum atomic E-state index is 0.401. The lowest BCUT2D eigenvalue weighted by molar-refractivity contribution is 0.0661. The number of hydrogen-bond acceptors (Lipinski definition) is 4. The van der Waals surface area contributed by atoms with Crippen molar-refractivity contribution in [1.29, 1.82) is 0 Å². The highest BCUT2D eigenvalue weighted by atomic mass is 16.5. The van der Waals surface area contributed by atoms with E-state index in [4.69, 9.17) is 4.74 Å². The molecule has 1 aliphatic rings. The minimum absolute atomic E-state index is 0.401. The molecule has 0 spiro atoms. The Kier molecular flexibility index (Phi) is 3.69. The first-order valence-electron chi connectivity index (χ1n) is 5.51. The van der Waals surface area contributed by atoms with E-state index >= 15 is 0 Å². The molecule has 1 aliphatic heterocycles. The Morgan fingerprint density at radius 1 is 1.67 bits per heavy atom. The van der Waals surface area contributed by atoms with Crippen LogP contribution in [0.25, 0.3) is 0 Å². The van der Waals surface area contributed by atoms with Gasteiger partial charge in [-0.15, -0.1) is 0 Å². The lowest BCUT2D eigenvalue weighted by atomic mass is 10.1. The molecule has 0 bridgehead atoms. The van der Waals surface area contributed by atoms with Gasteiger partial charge in [0.25, 0.3) is 0 Å². The molecule has 84 valence electrons. The average Bonchev–Trinajstić information content (AvgIpc) is 2.71. The van der Waals surface area contributed by atoms with Gasteiger partial charge >= 0.3 is 0 Å². The zero-order chi connectivity index (χ0) is 10.5. The van der Waals surface area contributed by atoms with Gasteiger partial charge in [-0.25, -0.2) is 4.98 Å². The molecule has 1 N–H and O–H groups in total. The van der Waals surface area contributed by atoms with E-state index in [1.165, 1.54) is 6.42 Å². The summed E-state index contributed by atoms with van der Waals surface area (Å²) < 4.78 is 7.27. The third-order valence-corrected chi connectivity index (χ3v) is 2.61. The van der Waals surface area contributed by atoms with Crippen molar-refractivity contribution in [3.8, 4) is 0 Å². The Hall–Kier alpha value is -0.940. The number of aromatic nitrogens is 3. The van der Waals surface area contributed by atoms with Gasteiger partial charge in [-0.05, 0) is 19.8 Å². The summed E-state index contributed by atoms with van der Waals surface area (Å²) in [6.45, 7) is 4.77. The van der Waals surface area contributed by atoms with Crippen LogP contribution in [0.3, 0.4) is 0 Å². The lowest BCUT2D eigenvalue weighted by Gasteiger charge is -2.26. The van der Waals surface area contributed by atoms with Crippen molar-refractivity contribution in [2.45, 2.75) is 38.4 Å². The molecule has 1 saturated heterocycles. The van der Waals surface area contributed by atoms with Gasteiger partial charge in [0.15, 0.2) is 0 Å². The molecule has 0 amide bonds. The van der Waals surface area contributed by atoms with E-state index in [1.54, 1.807) is 12.7 Å². The second-order valence-electron chi connectivity index (χ2n) is 4.10. The lowest BCUT2D eigenvalue weighted by Crippen LogP contribution is -2.43. The van der Waals surface area contributed by atoms with Gasteiger partial charge in [-0.2, -0.15) is 5.10 Å². The average molecular weight is 210 g/mol. The van der Waals surface area contributed by atoms with Gasteiger partial charge in [0, 0.05) is 18.7 Å². The van der Waals surface area contributed by atoms with E-state index in [1.807, 2.05) is 4.68 Å². The first-order chi connectivity index (χ1) is 7.34. The summed E-state index contributed by atoms with van der Waals surface area (Å²) in [7, 11) is 0. The van der Waals surface area contributed by atoms with Crippen LogP contribution >= 0.6 is 0 Å². The topological polar surface area (TPSA) is 52.0 Å². The molecule has 2 rings (SSSR count). The molecule has 0 aromatic carbocycles. The number of rotatable bonds is 4. The molecule has 2 heterocycles. The molecular formula is C10H18N4O. The maximum atomic E-state index is 5.42. The summed E-state index contributed by atoms with van der Waals surface area (Å²) >= 11 is 0. The molecular weight excluding hydrogens is 192 g/mol. The summed E-state index contributed by atoms with van der Waals surface area (Å²) in [4.78, 5) is 3.92. The molecule has 5 heteroatoms. The molecule has 0 aliphatic carbocycles. The third-order valence-electron chi connectivity index (χ3n) is 2.61. The number of nitrogens with one attached hydrogen (secondary N) is 1. The molecule has 1 aromatic heterocycles. The standard InChI is InChI=1S/C10H18N4O/c1-9(5-14-8-11-7-12-14)13-10-3-2-4-15-6-10/h7-10,13H,2-6H2,1H3. The highest BCUT2D eigenvalue weighted by molar-refractivity contribution is 4.74. The van der Waals surface area contributed by atoms with E-state index < -0.39 is 0 Å². The summed E-state index contributed by atoms with van der Waals surface area (Å²) in [5, 5.41) is 7.63. The minimum Gasteiger partial charge on any atom is -0.380 e. The molecule has 1 fully saturated rings. The third kappa shape index (κ3) is 3.28. The Morgan fingerprint density at radius 3 is 3.27 bits per heavy atom. The van der Waals surface area contributed by atoms with Crippen LogP contribution in [0.15, 0.2) is 12.7 Å². The van der Waals surface area contributed by atoms with E-state index in [9.17, 15) is 0 Å². The van der Waals surface area contributed by atoms with Crippen molar-refractivity contribution in [3.05, 3.63) is 12.7 Å². The molecule has 2 unspecified atom stereocenters. The van der Waals surface area contributed by atoms with Gasteiger partial charge in [-0.1, -0.05) is 0 Å². The zero-order valence-electron chi connectivity index (χ0n) is 9.09. The first-order valence-corrected chi connectivity index (χ1v) is 5.51. The Bertz CT molecular complexity index is 269. The molecule has 5 nitrogen and oxygen atoms in total. The van der Waals surface area contributed by atoms with Crippen LogP contribution in [0.5, 0.6) is 0 Å². The van der Waals surface area contributed by atoms with Crippen LogP contribution in [0.2, 0.25) is 0 Å². The highest BCUT2D eigenvalue weighted by Gasteiger charge is 2.15. The second kappa shape index (κ2) is 5.23. The van der Waals surface area contributed by atoms with Crippen LogP contribution in [-0.4, -0.2) is 40.1 Å². The Balaban J connectivity index is 1.74. The number of hydrogen-bond donors (Lipinski definition) is 1. The first kappa shape index (κ1) is 10.6. The highest BCUT2D eigenvalue weighted by Crippen LogP contribution is 2.06. The Morgan fingerprint density at radius 2 is 2.60 bits per heavy atom. The quantitative estimate of drug-likeness (QED) is 0.783. The van der Waals surface area contributed by atoms with Gasteiger partial charge in [0.2, 0.25) is 0 Å². The van der Waals surface area contributed by atoms with E-state index in [0.29, 0.717) is 12.1 Å². The van der Waals surface area contributed by atoms with E-state index in [2.05, 4.69) is 22.3 Å². The summed E-state index contributed by atoms with van der Waals surface area (Å²) in [6.07, 6.45) is 5.68. The molecule has 15 heavy (non-hydrogen) atoms. The van der Waals surface area contributed by atoms with Crippen LogP contribution < -0.4 is 5.32 Å². The monoisotopic (exact) mass is 210 g/mol. The molecule has 0 radical (unpaired) electrons. The fourth-order valence-electron chi connectivity index (χ4n) is 1.93. The van der Waals surface area contributed by atoms with E-state index in [-0.39, 0.29) is 0 Å². The van der Waals surface area contributed by atoms with E-state index in [0.717, 1.165) is 26.2 Å².